The smallest absolute Gasteiger partial charge is 0.101 e. The van der Waals surface area contributed by atoms with Crippen LogP contribution in [0.15, 0.2) is 0 Å². The summed E-state index contributed by atoms with van der Waals surface area (Å²) in [5.74, 6) is 0. The Morgan fingerprint density at radius 1 is 0.923 bits per heavy atom. The lowest BCUT2D eigenvalue weighted by Crippen LogP contribution is -1.93. The third-order valence-electron chi connectivity index (χ3n) is 2.26. The monoisotopic (exact) mass is 213 g/mol. The zero-order valence-corrected chi connectivity index (χ0v) is 9.22. The fraction of sp³-hybridized carbons (Fsp3) is 0.300. The molecule has 0 aliphatic rings. The predicted octanol–water partition coefficient (Wildman–Crippen LogP) is 3.79. The summed E-state index contributed by atoms with van der Waals surface area (Å²) in [4.78, 5) is 0. The summed E-state index contributed by atoms with van der Waals surface area (Å²) in [7, 11) is 0. The van der Waals surface area contributed by atoms with Gasteiger partial charge < -0.3 is 0 Å². The molecule has 0 spiro atoms. The van der Waals surface area contributed by atoms with Gasteiger partial charge in [-0.15, -0.1) is 0 Å². The molecule has 0 saturated carbocycles. The molecule has 0 atom stereocenters. The van der Waals surface area contributed by atoms with E-state index in [4.69, 9.17) is 28.5 Å². The van der Waals surface area contributed by atoms with Crippen LogP contribution in [0.5, 0.6) is 0 Å². The Morgan fingerprint density at radius 2 is 1.38 bits per heavy atom. The zero-order valence-electron chi connectivity index (χ0n) is 7.70. The van der Waals surface area contributed by atoms with Gasteiger partial charge in [-0.25, -0.2) is 0 Å². The third kappa shape index (κ3) is 1.52. The van der Waals surface area contributed by atoms with Crippen molar-refractivity contribution in [1.29, 1.82) is 5.26 Å². The van der Waals surface area contributed by atoms with Gasteiger partial charge in [-0.1, -0.05) is 23.2 Å². The molecule has 0 aliphatic carbocycles. The molecule has 3 heteroatoms. The molecule has 0 amide bonds. The minimum atomic E-state index is 0.481. The van der Waals surface area contributed by atoms with E-state index in [-0.39, 0.29) is 0 Å². The van der Waals surface area contributed by atoms with Crippen molar-refractivity contribution in [2.45, 2.75) is 20.8 Å². The molecule has 0 aliphatic heterocycles. The standard InChI is InChI=1S/C10H9Cl2N/c1-5-6(2)10(12)8(4-13)7(3)9(5)11/h1-3H3. The van der Waals surface area contributed by atoms with Gasteiger partial charge in [-0.2, -0.15) is 5.26 Å². The number of benzene rings is 1. The molecule has 0 heterocycles. The van der Waals surface area contributed by atoms with Gasteiger partial charge in [-0.3, -0.25) is 0 Å². The molecule has 1 aromatic carbocycles. The number of nitriles is 1. The van der Waals surface area contributed by atoms with Gasteiger partial charge in [-0.05, 0) is 37.5 Å². The molecule has 1 nitrogen and oxygen atoms in total. The Bertz CT molecular complexity index is 373. The Hall–Kier alpha value is -0.710. The van der Waals surface area contributed by atoms with Crippen molar-refractivity contribution < 1.29 is 0 Å². The molecule has 0 saturated heterocycles. The maximum Gasteiger partial charge on any atom is 0.101 e. The van der Waals surface area contributed by atoms with Crippen LogP contribution in [-0.4, -0.2) is 0 Å². The van der Waals surface area contributed by atoms with E-state index in [1.807, 2.05) is 13.8 Å². The van der Waals surface area contributed by atoms with Gasteiger partial charge in [0.25, 0.3) is 0 Å². The lowest BCUT2D eigenvalue weighted by atomic mass is 10.0. The second kappa shape index (κ2) is 3.57. The lowest BCUT2D eigenvalue weighted by Gasteiger charge is -2.10. The highest BCUT2D eigenvalue weighted by molar-refractivity contribution is 6.35. The van der Waals surface area contributed by atoms with Crippen molar-refractivity contribution in [3.8, 4) is 6.07 Å². The van der Waals surface area contributed by atoms with Gasteiger partial charge in [0.15, 0.2) is 0 Å². The third-order valence-corrected chi connectivity index (χ3v) is 3.30. The van der Waals surface area contributed by atoms with E-state index in [0.29, 0.717) is 15.6 Å². The summed E-state index contributed by atoms with van der Waals surface area (Å²) in [6.45, 7) is 5.57. The first-order valence-corrected chi connectivity index (χ1v) is 4.61. The Balaban J connectivity index is 3.69. The SMILES string of the molecule is Cc1c(C)c(Cl)c(C#N)c(C)c1Cl. The maximum absolute atomic E-state index is 8.85. The van der Waals surface area contributed by atoms with Gasteiger partial charge >= 0.3 is 0 Å². The van der Waals surface area contributed by atoms with Crippen LogP contribution in [0.25, 0.3) is 0 Å². The quantitative estimate of drug-likeness (QED) is 0.644. The van der Waals surface area contributed by atoms with Crippen LogP contribution >= 0.6 is 23.2 Å². The molecule has 1 aromatic rings. The number of nitrogens with zero attached hydrogens (tertiary/aromatic N) is 1. The average molecular weight is 214 g/mol. The maximum atomic E-state index is 8.85. The Morgan fingerprint density at radius 3 is 1.85 bits per heavy atom. The first kappa shape index (κ1) is 10.4. The molecular weight excluding hydrogens is 205 g/mol. The number of hydrogen-bond acceptors (Lipinski definition) is 1. The van der Waals surface area contributed by atoms with Crippen molar-refractivity contribution in [2.75, 3.05) is 0 Å². The summed E-state index contributed by atoms with van der Waals surface area (Å²) in [5, 5.41) is 10.00. The molecule has 1 rings (SSSR count). The first-order chi connectivity index (χ1) is 6.00. The van der Waals surface area contributed by atoms with Gasteiger partial charge in [0.1, 0.15) is 6.07 Å². The Labute approximate surface area is 87.9 Å². The molecule has 0 fully saturated rings. The summed E-state index contributed by atoms with van der Waals surface area (Å²) >= 11 is 12.0. The number of halogens is 2. The highest BCUT2D eigenvalue weighted by Gasteiger charge is 2.13. The minimum absolute atomic E-state index is 0.481. The van der Waals surface area contributed by atoms with Crippen LogP contribution < -0.4 is 0 Å². The molecule has 0 radical (unpaired) electrons. The highest BCUT2D eigenvalue weighted by atomic mass is 35.5. The molecule has 0 aromatic heterocycles. The van der Waals surface area contributed by atoms with Crippen LogP contribution in [-0.2, 0) is 0 Å². The Kier molecular flexibility index (Phi) is 2.85. The molecule has 13 heavy (non-hydrogen) atoms. The van der Waals surface area contributed by atoms with Crippen LogP contribution in [0, 0.1) is 32.1 Å². The topological polar surface area (TPSA) is 23.8 Å². The van der Waals surface area contributed by atoms with Crippen molar-refractivity contribution in [2.24, 2.45) is 0 Å². The largest absolute Gasteiger partial charge is 0.192 e. The molecule has 0 N–H and O–H groups in total. The van der Waals surface area contributed by atoms with E-state index in [0.717, 1.165) is 16.7 Å². The van der Waals surface area contributed by atoms with Crippen molar-refractivity contribution in [3.63, 3.8) is 0 Å². The van der Waals surface area contributed by atoms with Gasteiger partial charge in [0.2, 0.25) is 0 Å². The zero-order chi connectivity index (χ0) is 10.2. The highest BCUT2D eigenvalue weighted by Crippen LogP contribution is 2.33. The van der Waals surface area contributed by atoms with Crippen LogP contribution in [0.1, 0.15) is 22.3 Å². The van der Waals surface area contributed by atoms with Gasteiger partial charge in [0, 0.05) is 5.02 Å². The minimum Gasteiger partial charge on any atom is -0.192 e. The molecule has 0 unspecified atom stereocenters. The number of rotatable bonds is 0. The van der Waals surface area contributed by atoms with E-state index in [1.54, 1.807) is 6.92 Å². The summed E-state index contributed by atoms with van der Waals surface area (Å²) in [6, 6.07) is 2.06. The summed E-state index contributed by atoms with van der Waals surface area (Å²) in [6.07, 6.45) is 0. The van der Waals surface area contributed by atoms with E-state index in [1.165, 1.54) is 0 Å². The van der Waals surface area contributed by atoms with Crippen LogP contribution in [0.4, 0.5) is 0 Å². The van der Waals surface area contributed by atoms with Crippen LogP contribution in [0.2, 0.25) is 10.0 Å². The normalized spacial score (nSPS) is 9.85. The van der Waals surface area contributed by atoms with Crippen LogP contribution in [0.3, 0.4) is 0 Å². The lowest BCUT2D eigenvalue weighted by molar-refractivity contribution is 1.27. The second-order valence-electron chi connectivity index (χ2n) is 2.99. The van der Waals surface area contributed by atoms with E-state index in [2.05, 4.69) is 6.07 Å². The molecular formula is C10H9Cl2N. The first-order valence-electron chi connectivity index (χ1n) is 3.85. The number of hydrogen-bond donors (Lipinski definition) is 0. The van der Waals surface area contributed by atoms with E-state index < -0.39 is 0 Å². The average Bonchev–Trinajstić information content (AvgIpc) is 2.13. The summed E-state index contributed by atoms with van der Waals surface area (Å²) < 4.78 is 0. The fourth-order valence-electron chi connectivity index (χ4n) is 1.21. The molecule has 0 bridgehead atoms. The van der Waals surface area contributed by atoms with E-state index in [9.17, 15) is 0 Å². The van der Waals surface area contributed by atoms with Crippen molar-refractivity contribution in [3.05, 3.63) is 32.3 Å². The predicted molar refractivity (Wildman–Crippen MR) is 55.4 cm³/mol. The molecule has 68 valence electrons. The van der Waals surface area contributed by atoms with Gasteiger partial charge in [0.05, 0.1) is 10.6 Å². The van der Waals surface area contributed by atoms with Crippen molar-refractivity contribution in [1.82, 2.24) is 0 Å². The summed E-state index contributed by atoms with van der Waals surface area (Å²) in [5.41, 5.74) is 3.07. The van der Waals surface area contributed by atoms with E-state index >= 15 is 0 Å². The van der Waals surface area contributed by atoms with Crippen molar-refractivity contribution >= 4 is 23.2 Å². The second-order valence-corrected chi connectivity index (χ2v) is 3.75. The fourth-order valence-corrected chi connectivity index (χ4v) is 1.77.